The summed E-state index contributed by atoms with van der Waals surface area (Å²) in [6.07, 6.45) is 0. The lowest BCUT2D eigenvalue weighted by atomic mass is 10.1. The van der Waals surface area contributed by atoms with Crippen LogP contribution in [-0.2, 0) is 19.6 Å². The van der Waals surface area contributed by atoms with Crippen molar-refractivity contribution in [3.63, 3.8) is 0 Å². The minimum atomic E-state index is -4.06. The first-order valence-corrected chi connectivity index (χ1v) is 11.9. The van der Waals surface area contributed by atoms with Crippen LogP contribution >= 0.6 is 0 Å². The van der Waals surface area contributed by atoms with Gasteiger partial charge in [-0.1, -0.05) is 29.8 Å². The van der Waals surface area contributed by atoms with E-state index in [0.29, 0.717) is 11.1 Å². The Hall–Kier alpha value is -4.18. The standard InChI is InChI=1S/C25H24N2O7S/c1-16-5-8-19(9-6-16)24(29)27-26-23(28)15-33-25(30)20-10-12-21(13-11-20)34-35(31,32)22-14-17(2)4-7-18(22)3/h4-14H,15H2,1-3H3,(H,26,28)(H,27,29). The van der Waals surface area contributed by atoms with Crippen molar-refractivity contribution in [1.29, 1.82) is 0 Å². The number of nitrogens with one attached hydrogen (secondary N) is 2. The number of hydrogen-bond donors (Lipinski definition) is 2. The van der Waals surface area contributed by atoms with E-state index in [-0.39, 0.29) is 16.2 Å². The largest absolute Gasteiger partial charge is 0.452 e. The molecule has 182 valence electrons. The van der Waals surface area contributed by atoms with Crippen molar-refractivity contribution in [1.82, 2.24) is 10.9 Å². The molecule has 0 aliphatic rings. The number of esters is 1. The number of carbonyl (C=O) groups is 3. The van der Waals surface area contributed by atoms with Crippen molar-refractivity contribution in [2.75, 3.05) is 6.61 Å². The summed E-state index contributed by atoms with van der Waals surface area (Å²) >= 11 is 0. The average molecular weight is 497 g/mol. The van der Waals surface area contributed by atoms with Gasteiger partial charge in [0.2, 0.25) is 0 Å². The van der Waals surface area contributed by atoms with Gasteiger partial charge < -0.3 is 8.92 Å². The maximum absolute atomic E-state index is 12.6. The molecule has 0 saturated heterocycles. The third-order valence-electron chi connectivity index (χ3n) is 4.87. The summed E-state index contributed by atoms with van der Waals surface area (Å²) in [4.78, 5) is 36.1. The summed E-state index contributed by atoms with van der Waals surface area (Å²) in [7, 11) is -4.06. The number of ether oxygens (including phenoxy) is 1. The van der Waals surface area contributed by atoms with Crippen LogP contribution in [0.2, 0.25) is 0 Å². The van der Waals surface area contributed by atoms with Crippen LogP contribution in [0.5, 0.6) is 5.75 Å². The molecule has 0 heterocycles. The van der Waals surface area contributed by atoms with Crippen LogP contribution in [0.25, 0.3) is 0 Å². The molecule has 0 aliphatic heterocycles. The van der Waals surface area contributed by atoms with E-state index in [1.807, 2.05) is 6.92 Å². The molecule has 0 bridgehead atoms. The molecule has 0 atom stereocenters. The molecule has 2 N–H and O–H groups in total. The Morgan fingerprint density at radius 1 is 0.771 bits per heavy atom. The third kappa shape index (κ3) is 6.90. The van der Waals surface area contributed by atoms with E-state index in [1.165, 1.54) is 30.3 Å². The van der Waals surface area contributed by atoms with Gasteiger partial charge in [0, 0.05) is 5.56 Å². The van der Waals surface area contributed by atoms with Crippen molar-refractivity contribution in [3.8, 4) is 5.75 Å². The van der Waals surface area contributed by atoms with Crippen molar-refractivity contribution < 1.29 is 31.7 Å². The van der Waals surface area contributed by atoms with E-state index < -0.39 is 34.5 Å². The van der Waals surface area contributed by atoms with Crippen molar-refractivity contribution in [2.24, 2.45) is 0 Å². The summed E-state index contributed by atoms with van der Waals surface area (Å²) in [6.45, 7) is 4.69. The Labute approximate surface area is 203 Å². The quantitative estimate of drug-likeness (QED) is 0.292. The summed E-state index contributed by atoms with van der Waals surface area (Å²) in [5.74, 6) is -2.05. The van der Waals surface area contributed by atoms with Gasteiger partial charge in [0.05, 0.1) is 5.56 Å². The van der Waals surface area contributed by atoms with Gasteiger partial charge in [-0.2, -0.15) is 8.42 Å². The molecule has 3 rings (SSSR count). The molecular weight excluding hydrogens is 472 g/mol. The van der Waals surface area contributed by atoms with E-state index in [4.69, 9.17) is 8.92 Å². The number of carbonyl (C=O) groups excluding carboxylic acids is 3. The maximum atomic E-state index is 12.6. The van der Waals surface area contributed by atoms with E-state index in [0.717, 1.165) is 11.1 Å². The summed E-state index contributed by atoms with van der Waals surface area (Å²) < 4.78 is 35.3. The Bertz CT molecular complexity index is 1350. The lowest BCUT2D eigenvalue weighted by Crippen LogP contribution is -2.43. The Kier molecular flexibility index (Phi) is 7.87. The zero-order valence-corrected chi connectivity index (χ0v) is 20.1. The van der Waals surface area contributed by atoms with E-state index >= 15 is 0 Å². The van der Waals surface area contributed by atoms with Gasteiger partial charge >= 0.3 is 16.1 Å². The molecule has 2 amide bonds. The maximum Gasteiger partial charge on any atom is 0.339 e. The average Bonchev–Trinajstić information content (AvgIpc) is 2.83. The van der Waals surface area contributed by atoms with Crippen LogP contribution in [0.15, 0.2) is 71.6 Å². The fourth-order valence-corrected chi connectivity index (χ4v) is 4.20. The molecule has 35 heavy (non-hydrogen) atoms. The number of aryl methyl sites for hydroxylation is 3. The zero-order valence-electron chi connectivity index (χ0n) is 19.3. The van der Waals surface area contributed by atoms with E-state index in [9.17, 15) is 22.8 Å². The van der Waals surface area contributed by atoms with Crippen molar-refractivity contribution in [2.45, 2.75) is 25.7 Å². The summed E-state index contributed by atoms with van der Waals surface area (Å²) in [6, 6.07) is 17.0. The fraction of sp³-hybridized carbons (Fsp3) is 0.160. The second-order valence-electron chi connectivity index (χ2n) is 7.78. The van der Waals surface area contributed by atoms with Crippen LogP contribution in [-0.4, -0.2) is 32.8 Å². The second kappa shape index (κ2) is 10.8. The highest BCUT2D eigenvalue weighted by molar-refractivity contribution is 7.87. The van der Waals surface area contributed by atoms with Crippen LogP contribution in [0.1, 0.15) is 37.4 Å². The fourth-order valence-electron chi connectivity index (χ4n) is 2.95. The Morgan fingerprint density at radius 2 is 1.37 bits per heavy atom. The Balaban J connectivity index is 1.51. The summed E-state index contributed by atoms with van der Waals surface area (Å²) in [5, 5.41) is 0. The second-order valence-corrected chi connectivity index (χ2v) is 9.29. The summed E-state index contributed by atoms with van der Waals surface area (Å²) in [5.41, 5.74) is 7.13. The molecule has 3 aromatic carbocycles. The highest BCUT2D eigenvalue weighted by atomic mass is 32.2. The molecule has 9 nitrogen and oxygen atoms in total. The normalized spacial score (nSPS) is 10.8. The zero-order chi connectivity index (χ0) is 25.6. The van der Waals surface area contributed by atoms with Crippen molar-refractivity contribution >= 4 is 27.9 Å². The highest BCUT2D eigenvalue weighted by Gasteiger charge is 2.20. The van der Waals surface area contributed by atoms with Gasteiger partial charge in [0.15, 0.2) is 6.61 Å². The van der Waals surface area contributed by atoms with Crippen LogP contribution in [0, 0.1) is 20.8 Å². The molecule has 0 spiro atoms. The van der Waals surface area contributed by atoms with E-state index in [2.05, 4.69) is 10.9 Å². The van der Waals surface area contributed by atoms with Gasteiger partial charge in [-0.15, -0.1) is 0 Å². The number of benzene rings is 3. The molecular formula is C25H24N2O7S. The molecule has 10 heteroatoms. The van der Waals surface area contributed by atoms with Crippen LogP contribution in [0.3, 0.4) is 0 Å². The SMILES string of the molecule is Cc1ccc(C(=O)NNC(=O)COC(=O)c2ccc(OS(=O)(=O)c3cc(C)ccc3C)cc2)cc1. The Morgan fingerprint density at radius 3 is 2.03 bits per heavy atom. The van der Waals surface area contributed by atoms with E-state index in [1.54, 1.807) is 50.2 Å². The van der Waals surface area contributed by atoms with Gasteiger partial charge in [0.25, 0.3) is 11.8 Å². The minimum absolute atomic E-state index is 0.0130. The van der Waals surface area contributed by atoms with Gasteiger partial charge in [-0.3, -0.25) is 20.4 Å². The first-order valence-electron chi connectivity index (χ1n) is 10.5. The first-order chi connectivity index (χ1) is 16.5. The predicted molar refractivity (Wildman–Crippen MR) is 127 cm³/mol. The molecule has 0 aromatic heterocycles. The first kappa shape index (κ1) is 25.4. The lowest BCUT2D eigenvalue weighted by molar-refractivity contribution is -0.125. The van der Waals surface area contributed by atoms with Gasteiger partial charge in [-0.25, -0.2) is 4.79 Å². The number of hydrazine groups is 1. The smallest absolute Gasteiger partial charge is 0.339 e. The van der Waals surface area contributed by atoms with Gasteiger partial charge in [0.1, 0.15) is 10.6 Å². The van der Waals surface area contributed by atoms with Crippen molar-refractivity contribution in [3.05, 3.63) is 94.5 Å². The molecule has 0 fully saturated rings. The minimum Gasteiger partial charge on any atom is -0.452 e. The van der Waals surface area contributed by atoms with Crippen LogP contribution in [0.4, 0.5) is 0 Å². The number of amides is 2. The number of hydrogen-bond acceptors (Lipinski definition) is 7. The van der Waals surface area contributed by atoms with Gasteiger partial charge in [-0.05, 0) is 74.4 Å². The topological polar surface area (TPSA) is 128 Å². The predicted octanol–water partition coefficient (Wildman–Crippen LogP) is 3.00. The third-order valence-corrected chi connectivity index (χ3v) is 6.26. The highest BCUT2D eigenvalue weighted by Crippen LogP contribution is 2.23. The molecule has 0 aliphatic carbocycles. The molecule has 0 saturated carbocycles. The number of rotatable bonds is 7. The molecule has 0 unspecified atom stereocenters. The lowest BCUT2D eigenvalue weighted by Gasteiger charge is -2.11. The molecule has 3 aromatic rings. The van der Waals surface area contributed by atoms with Crippen LogP contribution < -0.4 is 15.0 Å². The monoisotopic (exact) mass is 496 g/mol. The molecule has 0 radical (unpaired) electrons.